The van der Waals surface area contributed by atoms with Gasteiger partial charge < -0.3 is 15.7 Å². The number of nitrogens with one attached hydrogen (secondary N) is 2. The first-order valence-corrected chi connectivity index (χ1v) is 7.21. The Bertz CT molecular complexity index is 684. The Kier molecular flexibility index (Phi) is 4.79. The molecule has 0 unspecified atom stereocenters. The first kappa shape index (κ1) is 15.3. The fourth-order valence-electron chi connectivity index (χ4n) is 1.70. The Labute approximate surface area is 135 Å². The van der Waals surface area contributed by atoms with Gasteiger partial charge in [-0.3, -0.25) is 9.59 Å². The lowest BCUT2D eigenvalue weighted by Crippen LogP contribution is -2.12. The van der Waals surface area contributed by atoms with Crippen LogP contribution in [0.3, 0.4) is 0 Å². The standard InChI is InChI=1S/C15H13IN2O3/c1-9(19)17-11-3-5-12(6-4-11)18-15(21)10-2-7-13(16)14(20)8-10/h2-8,20H,1H3,(H,17,19)(H,18,21). The number of phenolic OH excluding ortho intramolecular Hbond substituents is 1. The van der Waals surface area contributed by atoms with E-state index >= 15 is 0 Å². The predicted molar refractivity (Wildman–Crippen MR) is 89.5 cm³/mol. The van der Waals surface area contributed by atoms with Crippen molar-refractivity contribution in [3.8, 4) is 5.75 Å². The minimum absolute atomic E-state index is 0.0734. The van der Waals surface area contributed by atoms with E-state index in [4.69, 9.17) is 0 Å². The summed E-state index contributed by atoms with van der Waals surface area (Å²) >= 11 is 1.98. The lowest BCUT2D eigenvalue weighted by atomic mass is 10.2. The molecule has 21 heavy (non-hydrogen) atoms. The molecule has 2 aromatic carbocycles. The lowest BCUT2D eigenvalue weighted by Gasteiger charge is -2.07. The Morgan fingerprint density at radius 2 is 1.57 bits per heavy atom. The van der Waals surface area contributed by atoms with Gasteiger partial charge in [-0.25, -0.2) is 0 Å². The quantitative estimate of drug-likeness (QED) is 0.698. The molecule has 0 aliphatic rings. The molecule has 0 saturated carbocycles. The van der Waals surface area contributed by atoms with Crippen LogP contribution in [0, 0.1) is 3.57 Å². The van der Waals surface area contributed by atoms with Gasteiger partial charge in [0.2, 0.25) is 5.91 Å². The summed E-state index contributed by atoms with van der Waals surface area (Å²) in [5.41, 5.74) is 1.64. The number of benzene rings is 2. The van der Waals surface area contributed by atoms with Crippen molar-refractivity contribution >= 4 is 45.8 Å². The van der Waals surface area contributed by atoms with E-state index in [1.807, 2.05) is 22.6 Å². The number of carbonyl (C=O) groups excluding carboxylic acids is 2. The highest BCUT2D eigenvalue weighted by atomic mass is 127. The van der Waals surface area contributed by atoms with E-state index in [2.05, 4.69) is 10.6 Å². The summed E-state index contributed by atoms with van der Waals surface area (Å²) in [5.74, 6) is -0.389. The second-order valence-corrected chi connectivity index (χ2v) is 5.54. The molecule has 0 aromatic heterocycles. The molecule has 2 rings (SSSR count). The molecule has 6 heteroatoms. The Balaban J connectivity index is 2.08. The Morgan fingerprint density at radius 3 is 2.10 bits per heavy atom. The molecule has 2 amide bonds. The minimum Gasteiger partial charge on any atom is -0.507 e. The third kappa shape index (κ3) is 4.19. The molecule has 0 aliphatic carbocycles. The normalized spacial score (nSPS) is 10.0. The maximum atomic E-state index is 12.0. The molecule has 0 aliphatic heterocycles. The van der Waals surface area contributed by atoms with Crippen LogP contribution in [0.4, 0.5) is 11.4 Å². The average Bonchev–Trinajstić information content (AvgIpc) is 2.43. The molecular formula is C15H13IN2O3. The molecule has 0 saturated heterocycles. The summed E-state index contributed by atoms with van der Waals surface area (Å²) < 4.78 is 0.684. The van der Waals surface area contributed by atoms with E-state index in [9.17, 15) is 14.7 Å². The molecule has 5 nitrogen and oxygen atoms in total. The maximum absolute atomic E-state index is 12.0. The third-order valence-electron chi connectivity index (χ3n) is 2.67. The highest BCUT2D eigenvalue weighted by molar-refractivity contribution is 14.1. The van der Waals surface area contributed by atoms with Crippen LogP contribution >= 0.6 is 22.6 Å². The van der Waals surface area contributed by atoms with Crippen molar-refractivity contribution in [2.24, 2.45) is 0 Å². The number of hydrogen-bond donors (Lipinski definition) is 3. The molecule has 2 aromatic rings. The Morgan fingerprint density at radius 1 is 1.00 bits per heavy atom. The first-order valence-electron chi connectivity index (χ1n) is 6.13. The van der Waals surface area contributed by atoms with Crippen LogP contribution in [0.25, 0.3) is 0 Å². The van der Waals surface area contributed by atoms with Crippen LogP contribution < -0.4 is 10.6 Å². The van der Waals surface area contributed by atoms with Gasteiger partial charge in [-0.1, -0.05) is 0 Å². The van der Waals surface area contributed by atoms with Crippen molar-refractivity contribution in [1.82, 2.24) is 0 Å². The summed E-state index contributed by atoms with van der Waals surface area (Å²) in [6.07, 6.45) is 0. The first-order chi connectivity index (χ1) is 9.95. The van der Waals surface area contributed by atoms with Crippen molar-refractivity contribution in [3.05, 3.63) is 51.6 Å². The molecule has 0 fully saturated rings. The van der Waals surface area contributed by atoms with Gasteiger partial charge in [-0.15, -0.1) is 0 Å². The van der Waals surface area contributed by atoms with Crippen LogP contribution in [0.1, 0.15) is 17.3 Å². The van der Waals surface area contributed by atoms with Crippen molar-refractivity contribution in [2.45, 2.75) is 6.92 Å². The number of phenols is 1. The van der Waals surface area contributed by atoms with Gasteiger partial charge in [0.05, 0.1) is 3.57 Å². The van der Waals surface area contributed by atoms with Gasteiger partial charge in [0, 0.05) is 23.9 Å². The fourth-order valence-corrected chi connectivity index (χ4v) is 2.03. The zero-order chi connectivity index (χ0) is 15.4. The third-order valence-corrected chi connectivity index (χ3v) is 3.58. The van der Waals surface area contributed by atoms with Crippen LogP contribution in [0.15, 0.2) is 42.5 Å². The monoisotopic (exact) mass is 396 g/mol. The zero-order valence-corrected chi connectivity index (χ0v) is 13.3. The van der Waals surface area contributed by atoms with Crippen molar-refractivity contribution < 1.29 is 14.7 Å². The molecular weight excluding hydrogens is 383 g/mol. The fraction of sp³-hybridized carbons (Fsp3) is 0.0667. The topological polar surface area (TPSA) is 78.4 Å². The predicted octanol–water partition coefficient (Wildman–Crippen LogP) is 3.21. The van der Waals surface area contributed by atoms with Gasteiger partial charge in [0.25, 0.3) is 5.91 Å². The van der Waals surface area contributed by atoms with E-state index in [-0.39, 0.29) is 17.6 Å². The lowest BCUT2D eigenvalue weighted by molar-refractivity contribution is -0.114. The summed E-state index contributed by atoms with van der Waals surface area (Å²) in [5, 5.41) is 15.0. The highest BCUT2D eigenvalue weighted by Crippen LogP contribution is 2.21. The molecule has 0 bridgehead atoms. The number of aromatic hydroxyl groups is 1. The van der Waals surface area contributed by atoms with Gasteiger partial charge >= 0.3 is 0 Å². The molecule has 0 atom stereocenters. The highest BCUT2D eigenvalue weighted by Gasteiger charge is 2.08. The second-order valence-electron chi connectivity index (χ2n) is 4.38. The molecule has 3 N–H and O–H groups in total. The van der Waals surface area contributed by atoms with Gasteiger partial charge in [0.15, 0.2) is 0 Å². The largest absolute Gasteiger partial charge is 0.507 e. The molecule has 0 heterocycles. The summed E-state index contributed by atoms with van der Waals surface area (Å²) in [4.78, 5) is 23.0. The number of halogens is 1. The maximum Gasteiger partial charge on any atom is 0.255 e. The number of hydrogen-bond acceptors (Lipinski definition) is 3. The van der Waals surface area contributed by atoms with Crippen LogP contribution in [-0.2, 0) is 4.79 Å². The van der Waals surface area contributed by atoms with Crippen molar-refractivity contribution in [3.63, 3.8) is 0 Å². The number of rotatable bonds is 3. The van der Waals surface area contributed by atoms with Gasteiger partial charge in [-0.2, -0.15) is 0 Å². The van der Waals surface area contributed by atoms with E-state index in [0.717, 1.165) is 0 Å². The van der Waals surface area contributed by atoms with Crippen LogP contribution in [0.2, 0.25) is 0 Å². The minimum atomic E-state index is -0.311. The van der Waals surface area contributed by atoms with Gasteiger partial charge in [0.1, 0.15) is 5.75 Å². The number of anilines is 2. The van der Waals surface area contributed by atoms with Gasteiger partial charge in [-0.05, 0) is 65.1 Å². The smallest absolute Gasteiger partial charge is 0.255 e. The second kappa shape index (κ2) is 6.57. The van der Waals surface area contributed by atoms with Crippen molar-refractivity contribution in [2.75, 3.05) is 10.6 Å². The average molecular weight is 396 g/mol. The molecule has 0 spiro atoms. The SMILES string of the molecule is CC(=O)Nc1ccc(NC(=O)c2ccc(I)c(O)c2)cc1. The van der Waals surface area contributed by atoms with E-state index in [1.165, 1.54) is 13.0 Å². The van der Waals surface area contributed by atoms with Crippen LogP contribution in [0.5, 0.6) is 5.75 Å². The van der Waals surface area contributed by atoms with Crippen LogP contribution in [-0.4, -0.2) is 16.9 Å². The molecule has 0 radical (unpaired) electrons. The number of carbonyl (C=O) groups is 2. The Hall–Kier alpha value is -2.09. The summed E-state index contributed by atoms with van der Waals surface area (Å²) in [6.45, 7) is 1.43. The van der Waals surface area contributed by atoms with E-state index < -0.39 is 0 Å². The summed E-state index contributed by atoms with van der Waals surface area (Å²) in [6, 6.07) is 11.5. The summed E-state index contributed by atoms with van der Waals surface area (Å²) in [7, 11) is 0. The molecule has 108 valence electrons. The van der Waals surface area contributed by atoms with E-state index in [0.29, 0.717) is 20.5 Å². The number of amides is 2. The zero-order valence-electron chi connectivity index (χ0n) is 11.2. The van der Waals surface area contributed by atoms with E-state index in [1.54, 1.807) is 36.4 Å². The van der Waals surface area contributed by atoms with Crippen molar-refractivity contribution in [1.29, 1.82) is 0 Å².